The second-order valence-electron chi connectivity index (χ2n) is 5.18. The van der Waals surface area contributed by atoms with Crippen molar-refractivity contribution in [2.45, 2.75) is 24.0 Å². The van der Waals surface area contributed by atoms with Crippen molar-refractivity contribution in [2.75, 3.05) is 5.75 Å². The van der Waals surface area contributed by atoms with E-state index < -0.39 is 0 Å². The van der Waals surface area contributed by atoms with Crippen LogP contribution in [-0.2, 0) is 0 Å². The molecule has 0 amide bonds. The number of carbonyl (C=O) groups is 1. The van der Waals surface area contributed by atoms with Crippen molar-refractivity contribution in [3.05, 3.63) is 41.5 Å². The van der Waals surface area contributed by atoms with Crippen molar-refractivity contribution in [3.63, 3.8) is 0 Å². The highest BCUT2D eigenvalue weighted by atomic mass is 32.2. The first-order valence-corrected chi connectivity index (χ1v) is 8.97. The first-order valence-electron chi connectivity index (χ1n) is 7.11. The predicted molar refractivity (Wildman–Crippen MR) is 87.5 cm³/mol. The fraction of sp³-hybridized carbons (Fsp3) is 0.267. The van der Waals surface area contributed by atoms with Gasteiger partial charge in [0.25, 0.3) is 0 Å². The van der Waals surface area contributed by atoms with Gasteiger partial charge in [0, 0.05) is 12.2 Å². The molecular weight excluding hydrogens is 316 g/mol. The molecule has 3 aromatic rings. The Bertz CT molecular complexity index is 773. The molecule has 0 unspecified atom stereocenters. The summed E-state index contributed by atoms with van der Waals surface area (Å²) in [7, 11) is 0. The van der Waals surface area contributed by atoms with Gasteiger partial charge in [-0.3, -0.25) is 9.36 Å². The van der Waals surface area contributed by atoms with Crippen LogP contribution in [0.15, 0.2) is 41.0 Å². The van der Waals surface area contributed by atoms with Gasteiger partial charge in [-0.15, -0.1) is 21.5 Å². The number of ketones is 1. The average Bonchev–Trinajstić information content (AvgIpc) is 3.03. The van der Waals surface area contributed by atoms with E-state index in [-0.39, 0.29) is 5.78 Å². The summed E-state index contributed by atoms with van der Waals surface area (Å²) in [6, 6.07) is 8.19. The number of nitrogens with zero attached hydrogens (tertiary/aromatic N) is 3. The molecule has 0 aliphatic heterocycles. The molecule has 0 spiro atoms. The van der Waals surface area contributed by atoms with Crippen molar-refractivity contribution in [1.29, 1.82) is 0 Å². The van der Waals surface area contributed by atoms with Gasteiger partial charge >= 0.3 is 0 Å². The summed E-state index contributed by atoms with van der Waals surface area (Å²) >= 11 is 3.13. The van der Waals surface area contributed by atoms with E-state index in [2.05, 4.69) is 25.8 Å². The minimum Gasteiger partial charge on any atom is -0.359 e. The Morgan fingerprint density at radius 1 is 1.36 bits per heavy atom. The number of aromatic amines is 1. The third-order valence-corrected chi connectivity index (χ3v) is 5.36. The molecule has 0 aromatic carbocycles. The molecule has 1 aliphatic rings. The molecule has 1 fully saturated rings. The lowest BCUT2D eigenvalue weighted by Gasteiger charge is -2.07. The minimum absolute atomic E-state index is 0.0815. The number of hydrogen-bond donors (Lipinski definition) is 1. The van der Waals surface area contributed by atoms with Crippen LogP contribution >= 0.6 is 23.1 Å². The van der Waals surface area contributed by atoms with E-state index in [1.165, 1.54) is 11.8 Å². The number of rotatable bonds is 6. The summed E-state index contributed by atoms with van der Waals surface area (Å²) in [6.07, 6.45) is 4.09. The van der Waals surface area contributed by atoms with E-state index in [1.807, 2.05) is 17.5 Å². The SMILES string of the molecule is O=C(CSc1nnc(-c2cccs2)n1C1CC1)c1ccc[nH]1. The van der Waals surface area contributed by atoms with E-state index in [0.29, 0.717) is 17.5 Å². The topological polar surface area (TPSA) is 63.6 Å². The molecule has 22 heavy (non-hydrogen) atoms. The van der Waals surface area contributed by atoms with Crippen LogP contribution in [0, 0.1) is 0 Å². The normalized spacial score (nSPS) is 14.4. The molecule has 4 rings (SSSR count). The Labute approximate surface area is 135 Å². The van der Waals surface area contributed by atoms with Crippen LogP contribution in [0.25, 0.3) is 10.7 Å². The first kappa shape index (κ1) is 13.8. The highest BCUT2D eigenvalue weighted by molar-refractivity contribution is 7.99. The Hall–Kier alpha value is -1.86. The number of thioether (sulfide) groups is 1. The molecule has 0 radical (unpaired) electrons. The van der Waals surface area contributed by atoms with Crippen LogP contribution < -0.4 is 0 Å². The summed E-state index contributed by atoms with van der Waals surface area (Å²) in [4.78, 5) is 16.2. The van der Waals surface area contributed by atoms with Crippen molar-refractivity contribution in [1.82, 2.24) is 19.7 Å². The first-order chi connectivity index (χ1) is 10.8. The van der Waals surface area contributed by atoms with E-state index in [9.17, 15) is 4.79 Å². The van der Waals surface area contributed by atoms with Crippen molar-refractivity contribution in [3.8, 4) is 10.7 Å². The zero-order valence-corrected chi connectivity index (χ0v) is 13.4. The van der Waals surface area contributed by atoms with E-state index >= 15 is 0 Å². The minimum atomic E-state index is 0.0815. The molecule has 0 atom stereocenters. The molecule has 1 saturated carbocycles. The van der Waals surface area contributed by atoms with Gasteiger partial charge in [-0.2, -0.15) is 0 Å². The Kier molecular flexibility index (Phi) is 3.59. The van der Waals surface area contributed by atoms with Crippen molar-refractivity contribution < 1.29 is 4.79 Å². The molecular formula is C15H14N4OS2. The number of hydrogen-bond acceptors (Lipinski definition) is 5. The maximum Gasteiger partial charge on any atom is 0.192 e. The zero-order chi connectivity index (χ0) is 14.9. The van der Waals surface area contributed by atoms with Crippen LogP contribution in [-0.4, -0.2) is 31.3 Å². The van der Waals surface area contributed by atoms with E-state index in [4.69, 9.17) is 0 Å². The van der Waals surface area contributed by atoms with Crippen LogP contribution in [0.2, 0.25) is 0 Å². The van der Waals surface area contributed by atoms with Crippen LogP contribution in [0.5, 0.6) is 0 Å². The largest absolute Gasteiger partial charge is 0.359 e. The van der Waals surface area contributed by atoms with Crippen LogP contribution in [0.4, 0.5) is 0 Å². The maximum atomic E-state index is 12.1. The lowest BCUT2D eigenvalue weighted by Crippen LogP contribution is -2.05. The van der Waals surface area contributed by atoms with Crippen molar-refractivity contribution >= 4 is 28.9 Å². The van der Waals surface area contributed by atoms with Gasteiger partial charge in [0.15, 0.2) is 16.8 Å². The summed E-state index contributed by atoms with van der Waals surface area (Å²) in [5.74, 6) is 1.38. The second kappa shape index (κ2) is 5.73. The van der Waals surface area contributed by atoms with Gasteiger partial charge < -0.3 is 4.98 Å². The Morgan fingerprint density at radius 3 is 2.95 bits per heavy atom. The third kappa shape index (κ3) is 2.62. The summed E-state index contributed by atoms with van der Waals surface area (Å²) in [5.41, 5.74) is 0.642. The quantitative estimate of drug-likeness (QED) is 0.553. The number of Topliss-reactive ketones (excluding diaryl/α,β-unsaturated/α-hetero) is 1. The molecule has 0 saturated heterocycles. The smallest absolute Gasteiger partial charge is 0.192 e. The number of H-pyrrole nitrogens is 1. The van der Waals surface area contributed by atoms with Gasteiger partial charge in [0.2, 0.25) is 0 Å². The zero-order valence-electron chi connectivity index (χ0n) is 11.7. The molecule has 5 nitrogen and oxygen atoms in total. The highest BCUT2D eigenvalue weighted by Crippen LogP contribution is 2.41. The molecule has 3 heterocycles. The molecule has 1 N–H and O–H groups in total. The monoisotopic (exact) mass is 330 g/mol. The Balaban J connectivity index is 1.56. The molecule has 112 valence electrons. The van der Waals surface area contributed by atoms with E-state index in [0.717, 1.165) is 28.7 Å². The number of aromatic nitrogens is 4. The third-order valence-electron chi connectivity index (χ3n) is 3.55. The number of carbonyl (C=O) groups excluding carboxylic acids is 1. The molecule has 0 bridgehead atoms. The standard InChI is InChI=1S/C15H14N4OS2/c20-12(11-3-1-7-16-11)9-22-15-18-17-14(13-4-2-8-21-13)19(15)10-5-6-10/h1-4,7-8,10,16H,5-6,9H2. The average molecular weight is 330 g/mol. The van der Waals surface area contributed by atoms with Crippen molar-refractivity contribution in [2.24, 2.45) is 0 Å². The number of nitrogens with one attached hydrogen (secondary N) is 1. The lowest BCUT2D eigenvalue weighted by atomic mass is 10.3. The van der Waals surface area contributed by atoms with Crippen LogP contribution in [0.3, 0.4) is 0 Å². The lowest BCUT2D eigenvalue weighted by molar-refractivity contribution is 0.101. The second-order valence-corrected chi connectivity index (χ2v) is 7.07. The molecule has 1 aliphatic carbocycles. The van der Waals surface area contributed by atoms with Crippen LogP contribution in [0.1, 0.15) is 29.4 Å². The highest BCUT2D eigenvalue weighted by Gasteiger charge is 2.30. The summed E-state index contributed by atoms with van der Waals surface area (Å²) in [5, 5.41) is 11.5. The van der Waals surface area contributed by atoms with Gasteiger partial charge in [0.05, 0.1) is 16.3 Å². The summed E-state index contributed by atoms with van der Waals surface area (Å²) < 4.78 is 2.19. The van der Waals surface area contributed by atoms with Gasteiger partial charge in [-0.25, -0.2) is 0 Å². The summed E-state index contributed by atoms with van der Waals surface area (Å²) in [6.45, 7) is 0. The molecule has 7 heteroatoms. The van der Waals surface area contributed by atoms with Gasteiger partial charge in [-0.1, -0.05) is 17.8 Å². The maximum absolute atomic E-state index is 12.1. The van der Waals surface area contributed by atoms with E-state index in [1.54, 1.807) is 23.6 Å². The predicted octanol–water partition coefficient (Wildman–Crippen LogP) is 3.64. The molecule has 3 aromatic heterocycles. The van der Waals surface area contributed by atoms with Gasteiger partial charge in [0.1, 0.15) is 0 Å². The fourth-order valence-electron chi connectivity index (χ4n) is 2.32. The fourth-order valence-corrected chi connectivity index (χ4v) is 3.92. The van der Waals surface area contributed by atoms with Gasteiger partial charge in [-0.05, 0) is 36.4 Å². The number of thiophene rings is 1. The Morgan fingerprint density at radius 2 is 2.27 bits per heavy atom.